The van der Waals surface area contributed by atoms with Crippen LogP contribution in [-0.4, -0.2) is 24.2 Å². The second kappa shape index (κ2) is 8.31. The monoisotopic (exact) mass is 361 g/mol. The summed E-state index contributed by atoms with van der Waals surface area (Å²) in [7, 11) is 0. The minimum atomic E-state index is 0.0509. The number of ketones is 1. The number of ether oxygens (including phenoxy) is 1. The van der Waals surface area contributed by atoms with Crippen LogP contribution in [0.4, 0.5) is 0 Å². The van der Waals surface area contributed by atoms with E-state index >= 15 is 0 Å². The van der Waals surface area contributed by atoms with E-state index in [1.165, 1.54) is 11.1 Å². The Kier molecular flexibility index (Phi) is 5.45. The van der Waals surface area contributed by atoms with Gasteiger partial charge in [0.2, 0.25) is 0 Å². The first kappa shape index (κ1) is 17.7. The molecular weight excluding hydrogens is 338 g/mol. The fourth-order valence-electron chi connectivity index (χ4n) is 3.49. The lowest BCUT2D eigenvalue weighted by Crippen LogP contribution is -2.05. The van der Waals surface area contributed by atoms with Gasteiger partial charge < -0.3 is 9.26 Å². The first-order valence-corrected chi connectivity index (χ1v) is 9.49. The number of hydrogen-bond donors (Lipinski definition) is 0. The number of nitrogens with zero attached hydrogens (tertiary/aromatic N) is 1. The number of aromatic nitrogens is 1. The largest absolute Gasteiger partial charge is 0.381 e. The third kappa shape index (κ3) is 4.52. The van der Waals surface area contributed by atoms with Gasteiger partial charge in [-0.2, -0.15) is 0 Å². The molecule has 3 aromatic rings. The molecule has 1 saturated heterocycles. The fourth-order valence-corrected chi connectivity index (χ4v) is 3.49. The molecule has 0 spiro atoms. The summed E-state index contributed by atoms with van der Waals surface area (Å²) >= 11 is 0. The van der Waals surface area contributed by atoms with Gasteiger partial charge >= 0.3 is 0 Å². The molecular formula is C23H23NO3. The van der Waals surface area contributed by atoms with Crippen LogP contribution in [0.25, 0.3) is 11.1 Å². The lowest BCUT2D eigenvalue weighted by Gasteiger charge is -2.04. The summed E-state index contributed by atoms with van der Waals surface area (Å²) in [6.07, 6.45) is 3.04. The van der Waals surface area contributed by atoms with Gasteiger partial charge in [0.05, 0.1) is 0 Å². The van der Waals surface area contributed by atoms with Crippen molar-refractivity contribution in [2.24, 2.45) is 5.92 Å². The van der Waals surface area contributed by atoms with Crippen molar-refractivity contribution in [3.05, 3.63) is 77.7 Å². The molecule has 1 aliphatic rings. The van der Waals surface area contributed by atoms with Crippen LogP contribution in [0.2, 0.25) is 0 Å². The van der Waals surface area contributed by atoms with Gasteiger partial charge in [-0.25, -0.2) is 0 Å². The van der Waals surface area contributed by atoms with Crippen molar-refractivity contribution in [3.8, 4) is 11.1 Å². The molecule has 0 saturated carbocycles. The van der Waals surface area contributed by atoms with Gasteiger partial charge in [-0.15, -0.1) is 0 Å². The summed E-state index contributed by atoms with van der Waals surface area (Å²) in [5.74, 6) is 1.27. The van der Waals surface area contributed by atoms with E-state index in [-0.39, 0.29) is 5.78 Å². The molecule has 1 unspecified atom stereocenters. The standard InChI is InChI=1S/C23H23NO3/c25-23(10-9-17-11-12-26-16-17)22-15-21(27-24-22)14-18-5-4-8-20(13-18)19-6-2-1-3-7-19/h1-8,13,15,17H,9-12,14,16H2. The number of rotatable bonds is 7. The normalized spacial score (nSPS) is 16.5. The molecule has 4 heteroatoms. The van der Waals surface area contributed by atoms with E-state index in [1.807, 2.05) is 24.3 Å². The third-order valence-corrected chi connectivity index (χ3v) is 5.06. The molecule has 27 heavy (non-hydrogen) atoms. The molecule has 0 aliphatic carbocycles. The van der Waals surface area contributed by atoms with Crippen molar-refractivity contribution in [2.45, 2.75) is 25.7 Å². The maximum Gasteiger partial charge on any atom is 0.184 e. The highest BCUT2D eigenvalue weighted by Gasteiger charge is 2.19. The highest BCUT2D eigenvalue weighted by atomic mass is 16.5. The second-order valence-electron chi connectivity index (χ2n) is 7.11. The van der Waals surface area contributed by atoms with Crippen molar-refractivity contribution < 1.29 is 14.1 Å². The maximum absolute atomic E-state index is 12.3. The van der Waals surface area contributed by atoms with Crippen LogP contribution in [0, 0.1) is 5.92 Å². The van der Waals surface area contributed by atoms with E-state index in [4.69, 9.17) is 9.26 Å². The summed E-state index contributed by atoms with van der Waals surface area (Å²) in [6.45, 7) is 1.59. The van der Waals surface area contributed by atoms with Gasteiger partial charge in [-0.1, -0.05) is 59.8 Å². The smallest absolute Gasteiger partial charge is 0.184 e. The molecule has 1 fully saturated rings. The Balaban J connectivity index is 1.39. The molecule has 2 heterocycles. The van der Waals surface area contributed by atoms with Gasteiger partial charge in [0.1, 0.15) is 11.5 Å². The SMILES string of the molecule is O=C(CCC1CCOC1)c1cc(Cc2cccc(-c3ccccc3)c2)on1. The van der Waals surface area contributed by atoms with E-state index in [0.717, 1.165) is 31.6 Å². The molecule has 0 radical (unpaired) electrons. The summed E-state index contributed by atoms with van der Waals surface area (Å²) < 4.78 is 10.8. The number of carbonyl (C=O) groups is 1. The Labute approximate surface area is 159 Å². The lowest BCUT2D eigenvalue weighted by atomic mass is 9.99. The second-order valence-corrected chi connectivity index (χ2v) is 7.11. The topological polar surface area (TPSA) is 52.3 Å². The van der Waals surface area contributed by atoms with Crippen molar-refractivity contribution in [3.63, 3.8) is 0 Å². The molecule has 4 nitrogen and oxygen atoms in total. The van der Waals surface area contributed by atoms with Crippen molar-refractivity contribution in [1.82, 2.24) is 5.16 Å². The average Bonchev–Trinajstić information content (AvgIpc) is 3.39. The minimum absolute atomic E-state index is 0.0509. The van der Waals surface area contributed by atoms with Crippen LogP contribution in [0.3, 0.4) is 0 Å². The van der Waals surface area contributed by atoms with Gasteiger partial charge in [0.15, 0.2) is 5.78 Å². The zero-order valence-corrected chi connectivity index (χ0v) is 15.3. The van der Waals surface area contributed by atoms with Crippen LogP contribution < -0.4 is 0 Å². The number of Topliss-reactive ketones (excluding diaryl/α,β-unsaturated/α-hetero) is 1. The van der Waals surface area contributed by atoms with Crippen LogP contribution in [0.15, 0.2) is 65.2 Å². The van der Waals surface area contributed by atoms with Gasteiger partial charge in [0.25, 0.3) is 0 Å². The van der Waals surface area contributed by atoms with Crippen LogP contribution >= 0.6 is 0 Å². The fraction of sp³-hybridized carbons (Fsp3) is 0.304. The average molecular weight is 361 g/mol. The zero-order valence-electron chi connectivity index (χ0n) is 15.3. The lowest BCUT2D eigenvalue weighted by molar-refractivity contribution is 0.0962. The van der Waals surface area contributed by atoms with E-state index in [0.29, 0.717) is 30.2 Å². The Morgan fingerprint density at radius 3 is 2.70 bits per heavy atom. The molecule has 0 bridgehead atoms. The van der Waals surface area contributed by atoms with Crippen molar-refractivity contribution >= 4 is 5.78 Å². The number of benzene rings is 2. The first-order valence-electron chi connectivity index (χ1n) is 9.49. The predicted molar refractivity (Wildman–Crippen MR) is 104 cm³/mol. The van der Waals surface area contributed by atoms with Gasteiger partial charge in [-0.05, 0) is 35.4 Å². The molecule has 0 amide bonds. The van der Waals surface area contributed by atoms with Crippen molar-refractivity contribution in [2.75, 3.05) is 13.2 Å². The van der Waals surface area contributed by atoms with Crippen LogP contribution in [0.5, 0.6) is 0 Å². The molecule has 1 atom stereocenters. The van der Waals surface area contributed by atoms with Crippen LogP contribution in [0.1, 0.15) is 41.1 Å². The molecule has 1 aromatic heterocycles. The van der Waals surface area contributed by atoms with Crippen LogP contribution in [-0.2, 0) is 11.2 Å². The molecule has 0 N–H and O–H groups in total. The highest BCUT2D eigenvalue weighted by Crippen LogP contribution is 2.23. The van der Waals surface area contributed by atoms with Gasteiger partial charge in [-0.3, -0.25) is 4.79 Å². The molecule has 2 aromatic carbocycles. The minimum Gasteiger partial charge on any atom is -0.381 e. The van der Waals surface area contributed by atoms with E-state index in [1.54, 1.807) is 6.07 Å². The quantitative estimate of drug-likeness (QED) is 0.560. The molecule has 4 rings (SSSR count). The molecule has 138 valence electrons. The number of carbonyl (C=O) groups excluding carboxylic acids is 1. The number of hydrogen-bond acceptors (Lipinski definition) is 4. The summed E-state index contributed by atoms with van der Waals surface area (Å²) in [4.78, 5) is 12.3. The maximum atomic E-state index is 12.3. The predicted octanol–water partition coefficient (Wildman–Crippen LogP) is 4.93. The third-order valence-electron chi connectivity index (χ3n) is 5.06. The van der Waals surface area contributed by atoms with Crippen molar-refractivity contribution in [1.29, 1.82) is 0 Å². The Morgan fingerprint density at radius 1 is 1.04 bits per heavy atom. The molecule has 1 aliphatic heterocycles. The van der Waals surface area contributed by atoms with E-state index in [9.17, 15) is 4.79 Å². The Hall–Kier alpha value is -2.72. The zero-order chi connectivity index (χ0) is 18.5. The van der Waals surface area contributed by atoms with Gasteiger partial charge in [0, 0.05) is 32.1 Å². The Bertz CT molecular complexity index is 895. The van der Waals surface area contributed by atoms with E-state index in [2.05, 4.69) is 35.5 Å². The summed E-state index contributed by atoms with van der Waals surface area (Å²) in [6, 6.07) is 20.4. The van der Waals surface area contributed by atoms with E-state index < -0.39 is 0 Å². The summed E-state index contributed by atoms with van der Waals surface area (Å²) in [5.41, 5.74) is 3.92. The Morgan fingerprint density at radius 2 is 1.89 bits per heavy atom. The summed E-state index contributed by atoms with van der Waals surface area (Å²) in [5, 5.41) is 3.98. The highest BCUT2D eigenvalue weighted by molar-refractivity contribution is 5.94. The first-order chi connectivity index (χ1) is 13.3.